The lowest BCUT2D eigenvalue weighted by Crippen LogP contribution is -2.06. The summed E-state index contributed by atoms with van der Waals surface area (Å²) in [6.07, 6.45) is 24.6. The van der Waals surface area contributed by atoms with Gasteiger partial charge in [0.2, 0.25) is 0 Å². The van der Waals surface area contributed by atoms with Gasteiger partial charge in [0, 0.05) is 6.61 Å². The van der Waals surface area contributed by atoms with E-state index < -0.39 is 5.97 Å². The molecule has 2 N–H and O–H groups in total. The highest BCUT2D eigenvalue weighted by molar-refractivity contribution is 5.92. The minimum absolute atomic E-state index is 0.0144. The van der Waals surface area contributed by atoms with E-state index in [2.05, 4.69) is 27.7 Å². The highest BCUT2D eigenvalue weighted by Crippen LogP contribution is 2.17. The molecular weight excluding hydrogens is 472 g/mol. The molecule has 0 aliphatic heterocycles. The molecule has 0 aliphatic rings. The van der Waals surface area contributed by atoms with E-state index in [0.29, 0.717) is 13.2 Å². The molecule has 0 aromatic heterocycles. The topological polar surface area (TPSA) is 66.8 Å². The molecule has 4 nitrogen and oxygen atoms in total. The molecule has 226 valence electrons. The third-order valence-corrected chi connectivity index (χ3v) is 5.87. The molecule has 1 aromatic carbocycles. The number of ether oxygens (including phenoxy) is 1. The summed E-state index contributed by atoms with van der Waals surface area (Å²) in [7, 11) is 0. The van der Waals surface area contributed by atoms with Crippen LogP contribution >= 0.6 is 0 Å². The van der Waals surface area contributed by atoms with Crippen molar-refractivity contribution in [2.24, 2.45) is 0 Å². The van der Waals surface area contributed by atoms with Crippen LogP contribution in [0.1, 0.15) is 174 Å². The van der Waals surface area contributed by atoms with E-state index in [9.17, 15) is 9.90 Å². The number of phenols is 1. The number of benzene rings is 1. The Morgan fingerprint density at radius 2 is 1.00 bits per heavy atom. The second-order valence-electron chi connectivity index (χ2n) is 9.74. The van der Waals surface area contributed by atoms with Gasteiger partial charge in [-0.05, 0) is 25.0 Å². The van der Waals surface area contributed by atoms with Gasteiger partial charge in [0.1, 0.15) is 11.3 Å². The number of unbranched alkanes of at least 4 members (excludes halogenated alkanes) is 16. The zero-order valence-corrected chi connectivity index (χ0v) is 26.4. The van der Waals surface area contributed by atoms with Crippen LogP contribution in [0.3, 0.4) is 0 Å². The molecule has 0 atom stereocenters. The van der Waals surface area contributed by atoms with Crippen molar-refractivity contribution in [1.29, 1.82) is 0 Å². The summed E-state index contributed by atoms with van der Waals surface area (Å²) in [5, 5.41) is 17.7. The third kappa shape index (κ3) is 32.5. The van der Waals surface area contributed by atoms with E-state index in [1.807, 2.05) is 13.8 Å². The number of phenolic OH excluding ortho intramolecular Hbond substituents is 1. The van der Waals surface area contributed by atoms with Crippen molar-refractivity contribution in [1.82, 2.24) is 0 Å². The van der Waals surface area contributed by atoms with E-state index in [0.717, 1.165) is 25.7 Å². The van der Waals surface area contributed by atoms with Gasteiger partial charge >= 0.3 is 5.97 Å². The number of carbonyl (C=O) groups is 1. The van der Waals surface area contributed by atoms with E-state index in [4.69, 9.17) is 9.84 Å². The SMILES string of the molecule is CC.CCC.CCCCCCCCCCCCCCCCCCOC(=O)c1ccccc1O.CCCCO. The van der Waals surface area contributed by atoms with E-state index in [-0.39, 0.29) is 11.3 Å². The van der Waals surface area contributed by atoms with Gasteiger partial charge in [-0.15, -0.1) is 0 Å². The van der Waals surface area contributed by atoms with Gasteiger partial charge in [-0.2, -0.15) is 0 Å². The average Bonchev–Trinajstić information content (AvgIpc) is 2.93. The fourth-order valence-corrected chi connectivity index (χ4v) is 3.70. The number of aliphatic hydroxyl groups excluding tert-OH is 1. The van der Waals surface area contributed by atoms with Crippen LogP contribution in [0.4, 0.5) is 0 Å². The summed E-state index contributed by atoms with van der Waals surface area (Å²) in [5.41, 5.74) is 0.249. The normalized spacial score (nSPS) is 9.76. The monoisotopic (exact) mass is 538 g/mol. The largest absolute Gasteiger partial charge is 0.507 e. The van der Waals surface area contributed by atoms with Crippen LogP contribution < -0.4 is 0 Å². The molecule has 0 saturated carbocycles. The van der Waals surface area contributed by atoms with Gasteiger partial charge in [-0.1, -0.05) is 163 Å². The Hall–Kier alpha value is -1.55. The summed E-state index contributed by atoms with van der Waals surface area (Å²) < 4.78 is 5.23. The Morgan fingerprint density at radius 1 is 0.632 bits per heavy atom. The van der Waals surface area contributed by atoms with Crippen LogP contribution in [0.5, 0.6) is 5.75 Å². The van der Waals surface area contributed by atoms with Crippen LogP contribution in [0.2, 0.25) is 0 Å². The van der Waals surface area contributed by atoms with Gasteiger partial charge in [-0.3, -0.25) is 0 Å². The molecule has 0 bridgehead atoms. The number of aliphatic hydroxyl groups is 1. The van der Waals surface area contributed by atoms with Crippen molar-refractivity contribution in [3.05, 3.63) is 29.8 Å². The predicted molar refractivity (Wildman–Crippen MR) is 167 cm³/mol. The van der Waals surface area contributed by atoms with E-state index in [1.54, 1.807) is 18.2 Å². The van der Waals surface area contributed by atoms with Crippen LogP contribution in [0, 0.1) is 0 Å². The third-order valence-electron chi connectivity index (χ3n) is 5.87. The number of rotatable bonds is 20. The second-order valence-corrected chi connectivity index (χ2v) is 9.74. The van der Waals surface area contributed by atoms with Gasteiger partial charge in [0.15, 0.2) is 0 Å². The fraction of sp³-hybridized carbons (Fsp3) is 0.794. The van der Waals surface area contributed by atoms with Crippen molar-refractivity contribution in [2.75, 3.05) is 13.2 Å². The van der Waals surface area contributed by atoms with E-state index in [1.165, 1.54) is 102 Å². The Balaban J connectivity index is -0.00000105. The van der Waals surface area contributed by atoms with Gasteiger partial charge < -0.3 is 14.9 Å². The first kappa shape index (κ1) is 40.9. The summed E-state index contributed by atoms with van der Waals surface area (Å²) in [6, 6.07) is 6.52. The molecule has 0 radical (unpaired) electrons. The molecule has 38 heavy (non-hydrogen) atoms. The number of carbonyl (C=O) groups excluding carboxylic acids is 1. The molecule has 1 rings (SSSR count). The molecule has 0 amide bonds. The predicted octanol–water partition coefficient (Wildman–Crippen LogP) is 11.0. The van der Waals surface area contributed by atoms with Crippen molar-refractivity contribution in [3.8, 4) is 5.75 Å². The molecule has 1 aromatic rings. The molecule has 0 saturated heterocycles. The molecule has 0 heterocycles. The van der Waals surface area contributed by atoms with Crippen LogP contribution in [0.15, 0.2) is 24.3 Å². The van der Waals surface area contributed by atoms with E-state index >= 15 is 0 Å². The second kappa shape index (κ2) is 37.6. The highest BCUT2D eigenvalue weighted by Gasteiger charge is 2.10. The Morgan fingerprint density at radius 3 is 1.34 bits per heavy atom. The molecule has 0 aliphatic carbocycles. The summed E-state index contributed by atoms with van der Waals surface area (Å²) in [6.45, 7) is 13.4. The quantitative estimate of drug-likeness (QED) is 0.128. The first-order valence-corrected chi connectivity index (χ1v) is 16.1. The van der Waals surface area contributed by atoms with Crippen molar-refractivity contribution < 1.29 is 19.7 Å². The van der Waals surface area contributed by atoms with Gasteiger partial charge in [0.05, 0.1) is 6.61 Å². The molecular formula is C34H66O4. The number of esters is 1. The standard InChI is InChI=1S/C25H42O3.C4H10O.C3H8.C2H6/c1-2-3-4-5-6-7-8-9-10-11-12-13-14-15-16-19-22-28-25(27)23-20-17-18-21-24(23)26;1-2-3-4-5;1-3-2;1-2/h17-18,20-21,26H,2-16,19,22H2,1H3;5H,2-4H2,1H3;3H2,1-2H3;1-2H3. The minimum Gasteiger partial charge on any atom is -0.507 e. The zero-order valence-electron chi connectivity index (χ0n) is 26.4. The summed E-state index contributed by atoms with van der Waals surface area (Å²) in [4.78, 5) is 11.8. The average molecular weight is 539 g/mol. The number of aromatic hydroxyl groups is 1. The Kier molecular flexibility index (Phi) is 40.5. The lowest BCUT2D eigenvalue weighted by atomic mass is 10.0. The Bertz CT molecular complexity index is 557. The lowest BCUT2D eigenvalue weighted by Gasteiger charge is -2.06. The number of hydrogen-bond donors (Lipinski definition) is 2. The molecule has 0 fully saturated rings. The molecule has 4 heteroatoms. The van der Waals surface area contributed by atoms with Gasteiger partial charge in [0.25, 0.3) is 0 Å². The summed E-state index contributed by atoms with van der Waals surface area (Å²) >= 11 is 0. The molecule has 0 spiro atoms. The number of para-hydroxylation sites is 1. The van der Waals surface area contributed by atoms with Gasteiger partial charge in [-0.25, -0.2) is 4.79 Å². The maximum absolute atomic E-state index is 11.8. The van der Waals surface area contributed by atoms with Crippen molar-refractivity contribution >= 4 is 5.97 Å². The Labute approximate surface area is 238 Å². The number of hydrogen-bond acceptors (Lipinski definition) is 4. The smallest absolute Gasteiger partial charge is 0.341 e. The first-order valence-electron chi connectivity index (χ1n) is 16.1. The lowest BCUT2D eigenvalue weighted by molar-refractivity contribution is 0.0494. The fourth-order valence-electron chi connectivity index (χ4n) is 3.70. The highest BCUT2D eigenvalue weighted by atomic mass is 16.5. The van der Waals surface area contributed by atoms with Crippen molar-refractivity contribution in [3.63, 3.8) is 0 Å². The maximum Gasteiger partial charge on any atom is 0.341 e. The van der Waals surface area contributed by atoms with Crippen LogP contribution in [0.25, 0.3) is 0 Å². The van der Waals surface area contributed by atoms with Crippen molar-refractivity contribution in [2.45, 2.75) is 164 Å². The minimum atomic E-state index is -0.431. The zero-order chi connectivity index (χ0) is 29.1. The first-order chi connectivity index (χ1) is 18.6. The van der Waals surface area contributed by atoms with Crippen LogP contribution in [-0.4, -0.2) is 29.4 Å². The van der Waals surface area contributed by atoms with Crippen LogP contribution in [-0.2, 0) is 4.74 Å². The summed E-state index contributed by atoms with van der Waals surface area (Å²) in [5.74, 6) is -0.446. The maximum atomic E-state index is 11.8. The molecule has 0 unspecified atom stereocenters.